The Bertz CT molecular complexity index is 481. The van der Waals surface area contributed by atoms with Crippen LogP contribution in [0.4, 0.5) is 4.39 Å². The van der Waals surface area contributed by atoms with Gasteiger partial charge in [0, 0.05) is 17.0 Å². The van der Waals surface area contributed by atoms with Crippen LogP contribution in [-0.4, -0.2) is 0 Å². The molecule has 4 heteroatoms. The average Bonchev–Trinajstić information content (AvgIpc) is 2.65. The lowest BCUT2D eigenvalue weighted by Gasteiger charge is -2.02. The highest BCUT2D eigenvalue weighted by Gasteiger charge is 2.08. The van der Waals surface area contributed by atoms with E-state index in [2.05, 4.69) is 0 Å². The van der Waals surface area contributed by atoms with Crippen molar-refractivity contribution in [3.05, 3.63) is 46.0 Å². The Labute approximate surface area is 96.3 Å². The highest BCUT2D eigenvalue weighted by atomic mass is 35.5. The summed E-state index contributed by atoms with van der Waals surface area (Å²) in [6.07, 6.45) is 0. The molecule has 0 bridgehead atoms. The van der Waals surface area contributed by atoms with Gasteiger partial charge in [-0.1, -0.05) is 17.7 Å². The van der Waals surface area contributed by atoms with Crippen LogP contribution in [0.5, 0.6) is 0 Å². The first-order chi connectivity index (χ1) is 7.20. The van der Waals surface area contributed by atoms with Crippen LogP contribution in [0, 0.1) is 5.82 Å². The molecule has 0 atom stereocenters. The third kappa shape index (κ3) is 2.20. The molecule has 1 nitrogen and oxygen atoms in total. The minimum Gasteiger partial charge on any atom is -0.326 e. The molecule has 2 aromatic rings. The minimum absolute atomic E-state index is 0.245. The lowest BCUT2D eigenvalue weighted by Crippen LogP contribution is -1.96. The molecule has 2 N–H and O–H groups in total. The van der Waals surface area contributed by atoms with E-state index < -0.39 is 0 Å². The van der Waals surface area contributed by atoms with Gasteiger partial charge in [-0.3, -0.25) is 0 Å². The first kappa shape index (κ1) is 10.6. The van der Waals surface area contributed by atoms with Crippen molar-refractivity contribution in [3.63, 3.8) is 0 Å². The van der Waals surface area contributed by atoms with Gasteiger partial charge in [0.1, 0.15) is 5.82 Å². The lowest BCUT2D eigenvalue weighted by atomic mass is 10.1. The predicted octanol–water partition coefficient (Wildman–Crippen LogP) is 3.67. The molecule has 78 valence electrons. The molecule has 1 aromatic carbocycles. The molecule has 0 fully saturated rings. The molecule has 0 amide bonds. The van der Waals surface area contributed by atoms with E-state index >= 15 is 0 Å². The maximum Gasteiger partial charge on any atom is 0.131 e. The van der Waals surface area contributed by atoms with E-state index in [9.17, 15) is 4.39 Å². The van der Waals surface area contributed by atoms with Crippen LogP contribution in [0.15, 0.2) is 30.3 Å². The van der Waals surface area contributed by atoms with Gasteiger partial charge in [-0.25, -0.2) is 4.39 Å². The Hall–Kier alpha value is -0.900. The molecule has 0 spiro atoms. The maximum atomic E-state index is 13.5. The number of halogens is 2. The summed E-state index contributed by atoms with van der Waals surface area (Å²) in [7, 11) is 0. The summed E-state index contributed by atoms with van der Waals surface area (Å²) in [5.74, 6) is -0.245. The van der Waals surface area contributed by atoms with Crippen molar-refractivity contribution in [1.29, 1.82) is 0 Å². The zero-order valence-corrected chi connectivity index (χ0v) is 9.41. The van der Waals surface area contributed by atoms with Crippen molar-refractivity contribution in [2.75, 3.05) is 0 Å². The second kappa shape index (κ2) is 4.31. The van der Waals surface area contributed by atoms with Crippen molar-refractivity contribution in [3.8, 4) is 10.4 Å². The van der Waals surface area contributed by atoms with Gasteiger partial charge in [0.05, 0.1) is 4.34 Å². The lowest BCUT2D eigenvalue weighted by molar-refractivity contribution is 0.631. The van der Waals surface area contributed by atoms with Gasteiger partial charge in [-0.05, 0) is 29.8 Å². The first-order valence-electron chi connectivity index (χ1n) is 4.45. The van der Waals surface area contributed by atoms with Gasteiger partial charge in [0.15, 0.2) is 0 Å². The highest BCUT2D eigenvalue weighted by molar-refractivity contribution is 7.19. The zero-order chi connectivity index (χ0) is 10.8. The first-order valence-corrected chi connectivity index (χ1v) is 5.64. The molecule has 2 rings (SSSR count). The third-order valence-electron chi connectivity index (χ3n) is 2.11. The van der Waals surface area contributed by atoms with Crippen LogP contribution < -0.4 is 5.73 Å². The SMILES string of the molecule is NCc1ccc(F)c(-c2ccc(Cl)s2)c1. The van der Waals surface area contributed by atoms with Gasteiger partial charge in [0.25, 0.3) is 0 Å². The topological polar surface area (TPSA) is 26.0 Å². The summed E-state index contributed by atoms with van der Waals surface area (Å²) in [4.78, 5) is 0.827. The van der Waals surface area contributed by atoms with E-state index in [-0.39, 0.29) is 5.82 Å². The minimum atomic E-state index is -0.245. The quantitative estimate of drug-likeness (QED) is 0.853. The molecule has 0 aliphatic carbocycles. The second-order valence-corrected chi connectivity index (χ2v) is 4.84. The fraction of sp³-hybridized carbons (Fsp3) is 0.0909. The molecule has 15 heavy (non-hydrogen) atoms. The van der Waals surface area contributed by atoms with Crippen LogP contribution in [0.3, 0.4) is 0 Å². The van der Waals surface area contributed by atoms with E-state index in [1.165, 1.54) is 17.4 Å². The molecule has 0 saturated carbocycles. The summed E-state index contributed by atoms with van der Waals surface area (Å²) < 4.78 is 14.2. The molecule has 0 saturated heterocycles. The average molecular weight is 242 g/mol. The standard InChI is InChI=1S/C11H9ClFNS/c12-11-4-3-10(15-11)8-5-7(6-14)1-2-9(8)13/h1-5H,6,14H2. The second-order valence-electron chi connectivity index (χ2n) is 3.12. The van der Waals surface area contributed by atoms with Gasteiger partial charge in [-0.2, -0.15) is 0 Å². The molecule has 1 aromatic heterocycles. The van der Waals surface area contributed by atoms with Crippen LogP contribution in [0.2, 0.25) is 4.34 Å². The van der Waals surface area contributed by atoms with Crippen molar-refractivity contribution in [2.45, 2.75) is 6.54 Å². The van der Waals surface area contributed by atoms with Crippen molar-refractivity contribution < 1.29 is 4.39 Å². The summed E-state index contributed by atoms with van der Waals surface area (Å²) in [6, 6.07) is 8.46. The molecule has 0 aliphatic heterocycles. The largest absolute Gasteiger partial charge is 0.326 e. The summed E-state index contributed by atoms with van der Waals surface area (Å²) in [5.41, 5.74) is 6.98. The van der Waals surface area contributed by atoms with Crippen molar-refractivity contribution in [2.24, 2.45) is 5.73 Å². The Kier molecular flexibility index (Phi) is 3.05. The summed E-state index contributed by atoms with van der Waals surface area (Å²) >= 11 is 7.17. The van der Waals surface area contributed by atoms with Gasteiger partial charge < -0.3 is 5.73 Å². The van der Waals surface area contributed by atoms with Crippen LogP contribution in [0.1, 0.15) is 5.56 Å². The molecule has 1 heterocycles. The zero-order valence-electron chi connectivity index (χ0n) is 7.84. The normalized spacial score (nSPS) is 10.6. The Morgan fingerprint density at radius 3 is 2.67 bits per heavy atom. The van der Waals surface area contributed by atoms with Gasteiger partial charge in [0.2, 0.25) is 0 Å². The Morgan fingerprint density at radius 2 is 2.07 bits per heavy atom. The smallest absolute Gasteiger partial charge is 0.131 e. The Morgan fingerprint density at radius 1 is 1.27 bits per heavy atom. The summed E-state index contributed by atoms with van der Waals surface area (Å²) in [6.45, 7) is 0.409. The monoisotopic (exact) mass is 241 g/mol. The summed E-state index contributed by atoms with van der Waals surface area (Å²) in [5, 5.41) is 0. The van der Waals surface area contributed by atoms with Crippen LogP contribution in [-0.2, 0) is 6.54 Å². The number of benzene rings is 1. The third-order valence-corrected chi connectivity index (χ3v) is 3.37. The molecular formula is C11H9ClFNS. The fourth-order valence-electron chi connectivity index (χ4n) is 1.35. The number of rotatable bonds is 2. The van der Waals surface area contributed by atoms with E-state index in [0.29, 0.717) is 16.4 Å². The molecule has 0 aliphatic rings. The van der Waals surface area contributed by atoms with E-state index in [1.807, 2.05) is 6.07 Å². The molecular weight excluding hydrogens is 233 g/mol. The van der Waals surface area contributed by atoms with Crippen molar-refractivity contribution >= 4 is 22.9 Å². The predicted molar refractivity (Wildman–Crippen MR) is 62.6 cm³/mol. The van der Waals surface area contributed by atoms with Crippen LogP contribution in [0.25, 0.3) is 10.4 Å². The van der Waals surface area contributed by atoms with Crippen molar-refractivity contribution in [1.82, 2.24) is 0 Å². The van der Waals surface area contributed by atoms with E-state index in [1.54, 1.807) is 18.2 Å². The maximum absolute atomic E-state index is 13.5. The fourth-order valence-corrected chi connectivity index (χ4v) is 2.41. The van der Waals surface area contributed by atoms with E-state index in [0.717, 1.165) is 10.4 Å². The Balaban J connectivity index is 2.51. The van der Waals surface area contributed by atoms with Gasteiger partial charge in [-0.15, -0.1) is 11.3 Å². The molecule has 0 unspecified atom stereocenters. The number of nitrogens with two attached hydrogens (primary N) is 1. The molecule has 0 radical (unpaired) electrons. The van der Waals surface area contributed by atoms with Crippen LogP contribution >= 0.6 is 22.9 Å². The highest BCUT2D eigenvalue weighted by Crippen LogP contribution is 2.32. The van der Waals surface area contributed by atoms with Gasteiger partial charge >= 0.3 is 0 Å². The number of hydrogen-bond acceptors (Lipinski definition) is 2. The number of thiophene rings is 1. The van der Waals surface area contributed by atoms with E-state index in [4.69, 9.17) is 17.3 Å². The number of hydrogen-bond donors (Lipinski definition) is 1.